The van der Waals surface area contributed by atoms with E-state index in [1.807, 2.05) is 43.3 Å². The normalized spacial score (nSPS) is 23.5. The van der Waals surface area contributed by atoms with Gasteiger partial charge in [0, 0.05) is 11.5 Å². The summed E-state index contributed by atoms with van der Waals surface area (Å²) in [5.74, 6) is -0.00249. The van der Waals surface area contributed by atoms with Gasteiger partial charge in [0.15, 0.2) is 0 Å². The average Bonchev–Trinajstić information content (AvgIpc) is 2.81. The molecule has 0 N–H and O–H groups in total. The Morgan fingerprint density at radius 3 is 2.76 bits per heavy atom. The number of esters is 1. The van der Waals surface area contributed by atoms with Gasteiger partial charge in [-0.3, -0.25) is 0 Å². The Bertz CT molecular complexity index is 484. The predicted molar refractivity (Wildman–Crippen MR) is 91.3 cm³/mol. The number of benzene rings is 1. The summed E-state index contributed by atoms with van der Waals surface area (Å²) >= 11 is 2.37. The van der Waals surface area contributed by atoms with E-state index in [1.54, 1.807) is 0 Å². The van der Waals surface area contributed by atoms with Crippen LogP contribution in [-0.2, 0) is 20.9 Å². The van der Waals surface area contributed by atoms with E-state index in [0.29, 0.717) is 13.2 Å². The molecule has 2 atom stereocenters. The molecule has 0 spiro atoms. The van der Waals surface area contributed by atoms with Crippen molar-refractivity contribution in [1.82, 2.24) is 0 Å². The maximum Gasteiger partial charge on any atom is 0.334 e. The summed E-state index contributed by atoms with van der Waals surface area (Å²) in [6.07, 6.45) is 3.81. The molecule has 1 heterocycles. The van der Waals surface area contributed by atoms with E-state index in [-0.39, 0.29) is 18.0 Å². The van der Waals surface area contributed by atoms with Crippen LogP contribution in [0.25, 0.3) is 0 Å². The molecule has 1 aliphatic rings. The second-order valence-electron chi connectivity index (χ2n) is 5.13. The van der Waals surface area contributed by atoms with Gasteiger partial charge in [-0.05, 0) is 29.8 Å². The molecule has 3 nitrogen and oxygen atoms in total. The smallest absolute Gasteiger partial charge is 0.334 e. The topological polar surface area (TPSA) is 35.5 Å². The maximum atomic E-state index is 11.9. The Hall–Kier alpha value is -0.880. The summed E-state index contributed by atoms with van der Waals surface area (Å²) in [5, 5.41) is 0. The first-order chi connectivity index (χ1) is 10.3. The third-order valence-corrected chi connectivity index (χ3v) is 4.46. The molecule has 1 aromatic rings. The van der Waals surface area contributed by atoms with Gasteiger partial charge in [-0.25, -0.2) is 4.79 Å². The molecule has 1 aromatic carbocycles. The van der Waals surface area contributed by atoms with Crippen LogP contribution in [0.4, 0.5) is 0 Å². The Balaban J connectivity index is 1.89. The largest absolute Gasteiger partial charge is 0.456 e. The molecular weight excluding hydrogens is 379 g/mol. The molecule has 1 fully saturated rings. The SMILES string of the molecule is C/C=C1/C(=O)O[C@@H](COCc2ccccc2)[C@H]1CCCI. The van der Waals surface area contributed by atoms with Gasteiger partial charge >= 0.3 is 5.97 Å². The van der Waals surface area contributed by atoms with Crippen molar-refractivity contribution in [2.24, 2.45) is 5.92 Å². The van der Waals surface area contributed by atoms with E-state index in [0.717, 1.165) is 28.4 Å². The number of carbonyl (C=O) groups is 1. The molecule has 1 aliphatic heterocycles. The van der Waals surface area contributed by atoms with Crippen molar-refractivity contribution in [2.45, 2.75) is 32.5 Å². The highest BCUT2D eigenvalue weighted by Crippen LogP contribution is 2.32. The number of hydrogen-bond donors (Lipinski definition) is 0. The first-order valence-corrected chi connectivity index (χ1v) is 8.83. The molecule has 0 amide bonds. The molecule has 4 heteroatoms. The standard InChI is InChI=1S/C17H21IO3/c1-2-14-15(9-6-10-18)16(21-17(14)19)12-20-11-13-7-4-3-5-8-13/h2-5,7-8,15-16H,6,9-12H2,1H3/b14-2+/t15-,16-/m0/s1. The third-order valence-electron chi connectivity index (χ3n) is 3.70. The molecule has 114 valence electrons. The number of allylic oxidation sites excluding steroid dienone is 1. The molecule has 0 aromatic heterocycles. The Morgan fingerprint density at radius 2 is 2.10 bits per heavy atom. The molecule has 0 aliphatic carbocycles. The van der Waals surface area contributed by atoms with Crippen molar-refractivity contribution in [1.29, 1.82) is 0 Å². The fourth-order valence-corrected chi connectivity index (χ4v) is 3.07. The lowest BCUT2D eigenvalue weighted by atomic mass is 9.91. The third kappa shape index (κ3) is 4.54. The number of halogens is 1. The van der Waals surface area contributed by atoms with E-state index in [9.17, 15) is 4.79 Å². The first-order valence-electron chi connectivity index (χ1n) is 7.31. The van der Waals surface area contributed by atoms with E-state index in [2.05, 4.69) is 22.6 Å². The van der Waals surface area contributed by atoms with Crippen LogP contribution < -0.4 is 0 Å². The quantitative estimate of drug-likeness (QED) is 0.301. The van der Waals surface area contributed by atoms with Crippen LogP contribution in [0.2, 0.25) is 0 Å². The van der Waals surface area contributed by atoms with Gasteiger partial charge in [-0.2, -0.15) is 0 Å². The Kier molecular flexibility index (Phi) is 6.70. The van der Waals surface area contributed by atoms with Gasteiger partial charge in [-0.15, -0.1) is 0 Å². The number of carbonyl (C=O) groups excluding carboxylic acids is 1. The zero-order valence-corrected chi connectivity index (χ0v) is 14.4. The van der Waals surface area contributed by atoms with Crippen molar-refractivity contribution < 1.29 is 14.3 Å². The van der Waals surface area contributed by atoms with Gasteiger partial charge in [0.1, 0.15) is 6.10 Å². The summed E-state index contributed by atoms with van der Waals surface area (Å²) in [6, 6.07) is 10.0. The fourth-order valence-electron chi connectivity index (χ4n) is 2.63. The summed E-state index contributed by atoms with van der Waals surface area (Å²) in [5.41, 5.74) is 1.95. The second kappa shape index (κ2) is 8.54. The molecule has 1 saturated heterocycles. The van der Waals surface area contributed by atoms with Gasteiger partial charge < -0.3 is 9.47 Å². The van der Waals surface area contributed by atoms with Crippen molar-refractivity contribution >= 4 is 28.6 Å². The zero-order chi connectivity index (χ0) is 15.1. The van der Waals surface area contributed by atoms with Gasteiger partial charge in [-0.1, -0.05) is 59.0 Å². The van der Waals surface area contributed by atoms with Crippen LogP contribution in [0, 0.1) is 5.92 Å². The number of rotatable bonds is 7. The molecule has 0 unspecified atom stereocenters. The van der Waals surface area contributed by atoms with Crippen LogP contribution in [0.5, 0.6) is 0 Å². The fraction of sp³-hybridized carbons (Fsp3) is 0.471. The van der Waals surface area contributed by atoms with Gasteiger partial charge in [0.25, 0.3) is 0 Å². The monoisotopic (exact) mass is 400 g/mol. The lowest BCUT2D eigenvalue weighted by molar-refractivity contribution is -0.141. The predicted octanol–water partition coefficient (Wildman–Crippen LogP) is 3.91. The van der Waals surface area contributed by atoms with E-state index >= 15 is 0 Å². The average molecular weight is 400 g/mol. The summed E-state index contributed by atoms with van der Waals surface area (Å²) in [7, 11) is 0. The minimum absolute atomic E-state index is 0.143. The van der Waals surface area contributed by atoms with Crippen LogP contribution in [-0.4, -0.2) is 23.1 Å². The van der Waals surface area contributed by atoms with Crippen molar-refractivity contribution in [3.63, 3.8) is 0 Å². The van der Waals surface area contributed by atoms with Crippen LogP contribution >= 0.6 is 22.6 Å². The second-order valence-corrected chi connectivity index (χ2v) is 6.20. The molecule has 2 rings (SSSR count). The minimum atomic E-state index is -0.177. The lowest BCUT2D eigenvalue weighted by Crippen LogP contribution is -2.23. The number of ether oxygens (including phenoxy) is 2. The lowest BCUT2D eigenvalue weighted by Gasteiger charge is -2.17. The molecule has 0 radical (unpaired) electrons. The molecule has 0 bridgehead atoms. The Labute approximate surface area is 139 Å². The number of alkyl halides is 1. The maximum absolute atomic E-state index is 11.9. The Morgan fingerprint density at radius 1 is 1.33 bits per heavy atom. The van der Waals surface area contributed by atoms with Crippen molar-refractivity contribution in [3.05, 3.63) is 47.5 Å². The molecule has 0 saturated carbocycles. The van der Waals surface area contributed by atoms with Gasteiger partial charge in [0.2, 0.25) is 0 Å². The van der Waals surface area contributed by atoms with Crippen LogP contribution in [0.3, 0.4) is 0 Å². The first kappa shape index (κ1) is 16.5. The zero-order valence-electron chi connectivity index (χ0n) is 12.3. The summed E-state index contributed by atoms with van der Waals surface area (Å²) in [4.78, 5) is 11.9. The molecule has 21 heavy (non-hydrogen) atoms. The van der Waals surface area contributed by atoms with Crippen LogP contribution in [0.15, 0.2) is 42.0 Å². The van der Waals surface area contributed by atoms with Crippen LogP contribution in [0.1, 0.15) is 25.3 Å². The summed E-state index contributed by atoms with van der Waals surface area (Å²) in [6.45, 7) is 2.92. The van der Waals surface area contributed by atoms with Crippen molar-refractivity contribution in [3.8, 4) is 0 Å². The highest BCUT2D eigenvalue weighted by Gasteiger charge is 2.38. The van der Waals surface area contributed by atoms with E-state index in [1.165, 1.54) is 0 Å². The van der Waals surface area contributed by atoms with Crippen molar-refractivity contribution in [2.75, 3.05) is 11.0 Å². The number of hydrogen-bond acceptors (Lipinski definition) is 3. The number of cyclic esters (lactones) is 1. The van der Waals surface area contributed by atoms with Gasteiger partial charge in [0.05, 0.1) is 13.2 Å². The summed E-state index contributed by atoms with van der Waals surface area (Å²) < 4.78 is 12.3. The highest BCUT2D eigenvalue weighted by molar-refractivity contribution is 14.1. The minimum Gasteiger partial charge on any atom is -0.456 e. The molecular formula is C17H21IO3. The van der Waals surface area contributed by atoms with E-state index in [4.69, 9.17) is 9.47 Å². The highest BCUT2D eigenvalue weighted by atomic mass is 127. The van der Waals surface area contributed by atoms with E-state index < -0.39 is 0 Å².